The average Bonchev–Trinajstić information content (AvgIpc) is 3.15. The number of hydrogen-bond acceptors (Lipinski definition) is 4. The van der Waals surface area contributed by atoms with Crippen molar-refractivity contribution >= 4 is 35.8 Å². The fourth-order valence-electron chi connectivity index (χ4n) is 3.31. The molecular weight excluding hydrogens is 478 g/mol. The van der Waals surface area contributed by atoms with Crippen molar-refractivity contribution < 1.29 is 23.1 Å². The van der Waals surface area contributed by atoms with Crippen molar-refractivity contribution in [2.75, 3.05) is 52.9 Å². The number of amides is 1. The molecular formula is C16H29F3IN5O2. The smallest absolute Gasteiger partial charge is 0.382 e. The van der Waals surface area contributed by atoms with Gasteiger partial charge >= 0.3 is 6.18 Å². The third-order valence-corrected chi connectivity index (χ3v) is 4.98. The molecule has 158 valence electrons. The molecule has 1 amide bonds. The van der Waals surface area contributed by atoms with Gasteiger partial charge in [-0.15, -0.1) is 24.0 Å². The van der Waals surface area contributed by atoms with Crippen LogP contribution in [0.2, 0.25) is 0 Å². The SMILES string of the molecule is CN=C(NCC(O)C(F)(F)F)N1CCN(C(C)C(=O)N2CCCC2)CC1.I. The number of guanidine groups is 1. The fraction of sp³-hybridized carbons (Fsp3) is 0.875. The van der Waals surface area contributed by atoms with Crippen molar-refractivity contribution in [2.45, 2.75) is 38.1 Å². The first kappa shape index (κ1) is 24.2. The number of nitrogens with zero attached hydrogens (tertiary/aromatic N) is 4. The highest BCUT2D eigenvalue weighted by Gasteiger charge is 2.38. The topological polar surface area (TPSA) is 71.4 Å². The predicted octanol–water partition coefficient (Wildman–Crippen LogP) is 0.731. The molecule has 0 aromatic carbocycles. The Morgan fingerprint density at radius 3 is 2.15 bits per heavy atom. The Balaban J connectivity index is 0.00000364. The molecule has 11 heteroatoms. The number of aliphatic imine (C=N–C) groups is 1. The molecule has 27 heavy (non-hydrogen) atoms. The zero-order chi connectivity index (χ0) is 19.3. The summed E-state index contributed by atoms with van der Waals surface area (Å²) in [4.78, 5) is 22.3. The number of aliphatic hydroxyl groups excluding tert-OH is 1. The largest absolute Gasteiger partial charge is 0.416 e. The normalized spacial score (nSPS) is 21.6. The lowest BCUT2D eigenvalue weighted by Crippen LogP contribution is -2.57. The zero-order valence-corrected chi connectivity index (χ0v) is 18.0. The average molecular weight is 507 g/mol. The Bertz CT molecular complexity index is 507. The van der Waals surface area contributed by atoms with E-state index in [1.54, 1.807) is 0 Å². The van der Waals surface area contributed by atoms with Crippen LogP contribution in [0.1, 0.15) is 19.8 Å². The van der Waals surface area contributed by atoms with E-state index in [0.717, 1.165) is 25.9 Å². The number of carbonyl (C=O) groups excluding carboxylic acids is 1. The van der Waals surface area contributed by atoms with Crippen molar-refractivity contribution in [3.63, 3.8) is 0 Å². The molecule has 0 aromatic heterocycles. The monoisotopic (exact) mass is 507 g/mol. The molecule has 7 nitrogen and oxygen atoms in total. The second-order valence-electron chi connectivity index (χ2n) is 6.72. The maximum Gasteiger partial charge on any atom is 0.416 e. The van der Waals surface area contributed by atoms with Crippen LogP contribution >= 0.6 is 24.0 Å². The van der Waals surface area contributed by atoms with E-state index in [-0.39, 0.29) is 35.9 Å². The van der Waals surface area contributed by atoms with Gasteiger partial charge in [0.25, 0.3) is 0 Å². The Morgan fingerprint density at radius 1 is 1.11 bits per heavy atom. The summed E-state index contributed by atoms with van der Waals surface area (Å²) in [7, 11) is 1.49. The van der Waals surface area contributed by atoms with Crippen molar-refractivity contribution in [3.05, 3.63) is 0 Å². The van der Waals surface area contributed by atoms with Crippen LogP contribution in [0.3, 0.4) is 0 Å². The van der Waals surface area contributed by atoms with Crippen LogP contribution in [-0.2, 0) is 4.79 Å². The fourth-order valence-corrected chi connectivity index (χ4v) is 3.31. The van der Waals surface area contributed by atoms with Gasteiger partial charge in [0.05, 0.1) is 12.6 Å². The molecule has 2 unspecified atom stereocenters. The number of piperazine rings is 1. The molecule has 2 heterocycles. The molecule has 2 fully saturated rings. The summed E-state index contributed by atoms with van der Waals surface area (Å²) in [5, 5.41) is 11.7. The minimum atomic E-state index is -4.66. The highest BCUT2D eigenvalue weighted by molar-refractivity contribution is 14.0. The number of likely N-dealkylation sites (tertiary alicyclic amines) is 1. The first-order chi connectivity index (χ1) is 12.2. The first-order valence-electron chi connectivity index (χ1n) is 8.97. The van der Waals surface area contributed by atoms with Gasteiger partial charge < -0.3 is 20.2 Å². The molecule has 0 spiro atoms. The summed E-state index contributed by atoms with van der Waals surface area (Å²) in [5.74, 6) is 0.471. The second-order valence-corrected chi connectivity index (χ2v) is 6.72. The van der Waals surface area contributed by atoms with Crippen LogP contribution in [0.5, 0.6) is 0 Å². The quantitative estimate of drug-likeness (QED) is 0.334. The van der Waals surface area contributed by atoms with Crippen molar-refractivity contribution in [3.8, 4) is 0 Å². The van der Waals surface area contributed by atoms with E-state index in [4.69, 9.17) is 5.11 Å². The standard InChI is InChI=1S/C16H28F3N5O2.HI/c1-12(14(26)23-5-3-4-6-23)22-7-9-24(10-8-22)15(20-2)21-11-13(25)16(17,18)19;/h12-13,25H,3-11H2,1-2H3,(H,20,21);1H. The minimum absolute atomic E-state index is 0. The summed E-state index contributed by atoms with van der Waals surface area (Å²) in [6.45, 7) is 5.27. The highest BCUT2D eigenvalue weighted by Crippen LogP contribution is 2.19. The van der Waals surface area contributed by atoms with E-state index in [9.17, 15) is 18.0 Å². The Labute approximate surface area is 175 Å². The van der Waals surface area contributed by atoms with Gasteiger partial charge in [0, 0.05) is 46.3 Å². The lowest BCUT2D eigenvalue weighted by Gasteiger charge is -2.39. The summed E-state index contributed by atoms with van der Waals surface area (Å²) in [6, 6.07) is -0.197. The molecule has 2 N–H and O–H groups in total. The number of carbonyl (C=O) groups is 1. The van der Waals surface area contributed by atoms with Crippen LogP contribution in [0.4, 0.5) is 13.2 Å². The van der Waals surface area contributed by atoms with Crippen LogP contribution in [0.25, 0.3) is 0 Å². The Hall–Kier alpha value is -0.820. The van der Waals surface area contributed by atoms with Crippen LogP contribution in [0.15, 0.2) is 4.99 Å². The third-order valence-electron chi connectivity index (χ3n) is 4.98. The lowest BCUT2D eigenvalue weighted by molar-refractivity contribution is -0.201. The number of rotatable bonds is 4. The molecule has 0 bridgehead atoms. The van der Waals surface area contributed by atoms with Gasteiger partial charge in [0.15, 0.2) is 12.1 Å². The van der Waals surface area contributed by atoms with E-state index in [0.29, 0.717) is 32.1 Å². The number of alkyl halides is 3. The molecule has 2 aliphatic rings. The van der Waals surface area contributed by atoms with Crippen molar-refractivity contribution in [1.82, 2.24) is 20.0 Å². The van der Waals surface area contributed by atoms with Crippen molar-refractivity contribution in [2.24, 2.45) is 4.99 Å². The summed E-state index contributed by atoms with van der Waals surface area (Å²) >= 11 is 0. The van der Waals surface area contributed by atoms with E-state index in [2.05, 4.69) is 15.2 Å². The second kappa shape index (κ2) is 10.6. The molecule has 2 saturated heterocycles. The maximum atomic E-state index is 12.5. The van der Waals surface area contributed by atoms with Gasteiger partial charge in [-0.05, 0) is 19.8 Å². The van der Waals surface area contributed by atoms with Gasteiger partial charge in [-0.1, -0.05) is 0 Å². The third kappa shape index (κ3) is 6.63. The van der Waals surface area contributed by atoms with Gasteiger partial charge in [0.2, 0.25) is 5.91 Å². The molecule has 2 aliphatic heterocycles. The van der Waals surface area contributed by atoms with Gasteiger partial charge in [-0.2, -0.15) is 13.2 Å². The molecule has 0 aliphatic carbocycles. The Morgan fingerprint density at radius 2 is 1.67 bits per heavy atom. The molecule has 0 radical (unpaired) electrons. The van der Waals surface area contributed by atoms with E-state index >= 15 is 0 Å². The summed E-state index contributed by atoms with van der Waals surface area (Å²) < 4.78 is 37.2. The number of nitrogens with one attached hydrogen (secondary N) is 1. The van der Waals surface area contributed by atoms with E-state index < -0.39 is 18.8 Å². The Kier molecular flexibility index (Phi) is 9.55. The zero-order valence-electron chi connectivity index (χ0n) is 15.7. The van der Waals surface area contributed by atoms with Gasteiger partial charge in [-0.3, -0.25) is 14.7 Å². The highest BCUT2D eigenvalue weighted by atomic mass is 127. The number of halogens is 4. The number of hydrogen-bond donors (Lipinski definition) is 2. The lowest BCUT2D eigenvalue weighted by atomic mass is 10.2. The van der Waals surface area contributed by atoms with Crippen LogP contribution < -0.4 is 5.32 Å². The maximum absolute atomic E-state index is 12.5. The van der Waals surface area contributed by atoms with E-state index in [1.807, 2.05) is 16.7 Å². The predicted molar refractivity (Wildman–Crippen MR) is 107 cm³/mol. The van der Waals surface area contributed by atoms with E-state index in [1.165, 1.54) is 7.05 Å². The summed E-state index contributed by atoms with van der Waals surface area (Å²) in [6.07, 6.45) is -4.98. The van der Waals surface area contributed by atoms with Crippen molar-refractivity contribution in [1.29, 1.82) is 0 Å². The molecule has 0 saturated carbocycles. The van der Waals surface area contributed by atoms with Gasteiger partial charge in [-0.25, -0.2) is 0 Å². The van der Waals surface area contributed by atoms with Crippen LogP contribution in [0, 0.1) is 0 Å². The first-order valence-corrected chi connectivity index (χ1v) is 8.97. The minimum Gasteiger partial charge on any atom is -0.382 e. The molecule has 2 atom stereocenters. The molecule has 0 aromatic rings. The number of aliphatic hydroxyl groups is 1. The summed E-state index contributed by atoms with van der Waals surface area (Å²) in [5.41, 5.74) is 0. The van der Waals surface area contributed by atoms with Gasteiger partial charge in [0.1, 0.15) is 0 Å². The van der Waals surface area contributed by atoms with Crippen LogP contribution in [-0.4, -0.2) is 103 Å². The molecule has 2 rings (SSSR count).